The highest BCUT2D eigenvalue weighted by molar-refractivity contribution is 9.11. The predicted molar refractivity (Wildman–Crippen MR) is 77.6 cm³/mol. The summed E-state index contributed by atoms with van der Waals surface area (Å²) in [5.74, 6) is 0.0408. The standard InChI is InChI=1S/C11H13BrN2OS2/c1-6-5-8(17-9(6)12)11(15)14-4-2-3-7(14)10(13)16/h5,7H,2-4H2,1H3,(H2,13,16). The van der Waals surface area contributed by atoms with Crippen molar-refractivity contribution in [2.45, 2.75) is 25.8 Å². The van der Waals surface area contributed by atoms with Gasteiger partial charge in [0.2, 0.25) is 0 Å². The Hall–Kier alpha value is -0.460. The molecule has 0 spiro atoms. The Morgan fingerprint density at radius 2 is 2.41 bits per heavy atom. The summed E-state index contributed by atoms with van der Waals surface area (Å²) in [4.78, 5) is 15.3. The molecule has 1 saturated heterocycles. The third kappa shape index (κ3) is 2.53. The summed E-state index contributed by atoms with van der Waals surface area (Å²) in [7, 11) is 0. The minimum absolute atomic E-state index is 0.0408. The van der Waals surface area contributed by atoms with Crippen LogP contribution in [0.25, 0.3) is 0 Å². The van der Waals surface area contributed by atoms with Crippen LogP contribution in [0.2, 0.25) is 0 Å². The second-order valence-corrected chi connectivity index (χ2v) is 6.97. The van der Waals surface area contributed by atoms with Crippen molar-refractivity contribution in [1.29, 1.82) is 0 Å². The number of carbonyl (C=O) groups excluding carboxylic acids is 1. The fourth-order valence-corrected chi connectivity index (χ4v) is 3.75. The number of carbonyl (C=O) groups is 1. The average Bonchev–Trinajstić information content (AvgIpc) is 2.85. The molecular formula is C11H13BrN2OS2. The summed E-state index contributed by atoms with van der Waals surface area (Å²) in [6.07, 6.45) is 1.85. The normalized spacial score (nSPS) is 19.6. The van der Waals surface area contributed by atoms with Crippen LogP contribution in [0, 0.1) is 6.92 Å². The zero-order valence-corrected chi connectivity index (χ0v) is 12.6. The number of halogens is 1. The van der Waals surface area contributed by atoms with Crippen molar-refractivity contribution in [3.8, 4) is 0 Å². The molecule has 1 aromatic heterocycles. The topological polar surface area (TPSA) is 46.3 Å². The molecule has 0 bridgehead atoms. The minimum Gasteiger partial charge on any atom is -0.392 e. The molecular weight excluding hydrogens is 320 g/mol. The van der Waals surface area contributed by atoms with E-state index >= 15 is 0 Å². The number of amides is 1. The van der Waals surface area contributed by atoms with Crippen LogP contribution in [0.15, 0.2) is 9.85 Å². The monoisotopic (exact) mass is 332 g/mol. The van der Waals surface area contributed by atoms with Crippen LogP contribution in [0.3, 0.4) is 0 Å². The van der Waals surface area contributed by atoms with E-state index in [1.165, 1.54) is 11.3 Å². The fourth-order valence-electron chi connectivity index (χ4n) is 2.01. The third-order valence-corrected chi connectivity index (χ3v) is 5.31. The first-order valence-electron chi connectivity index (χ1n) is 5.37. The molecule has 1 aliphatic rings. The SMILES string of the molecule is Cc1cc(C(=O)N2CCCC2C(N)=S)sc1Br. The summed E-state index contributed by atoms with van der Waals surface area (Å²) in [5.41, 5.74) is 6.76. The Morgan fingerprint density at radius 3 is 2.94 bits per heavy atom. The van der Waals surface area contributed by atoms with E-state index < -0.39 is 0 Å². The maximum atomic E-state index is 12.3. The number of hydrogen-bond donors (Lipinski definition) is 1. The van der Waals surface area contributed by atoms with Gasteiger partial charge in [0.25, 0.3) is 5.91 Å². The molecule has 1 fully saturated rings. The van der Waals surface area contributed by atoms with Crippen LogP contribution in [0.5, 0.6) is 0 Å². The molecule has 1 atom stereocenters. The maximum absolute atomic E-state index is 12.3. The largest absolute Gasteiger partial charge is 0.392 e. The van der Waals surface area contributed by atoms with Crippen LogP contribution in [-0.2, 0) is 0 Å². The number of hydrogen-bond acceptors (Lipinski definition) is 3. The molecule has 0 radical (unpaired) electrons. The smallest absolute Gasteiger partial charge is 0.264 e. The Morgan fingerprint density at radius 1 is 1.71 bits per heavy atom. The summed E-state index contributed by atoms with van der Waals surface area (Å²) in [5, 5.41) is 0. The van der Waals surface area contributed by atoms with Gasteiger partial charge < -0.3 is 10.6 Å². The van der Waals surface area contributed by atoms with Gasteiger partial charge in [0.15, 0.2) is 0 Å². The van der Waals surface area contributed by atoms with Gasteiger partial charge in [0.05, 0.1) is 19.7 Å². The van der Waals surface area contributed by atoms with Crippen LogP contribution in [0.4, 0.5) is 0 Å². The van der Waals surface area contributed by atoms with Crippen molar-refractivity contribution in [1.82, 2.24) is 4.90 Å². The molecule has 2 N–H and O–H groups in total. The van der Waals surface area contributed by atoms with E-state index in [0.717, 1.165) is 33.6 Å². The number of nitrogens with zero attached hydrogens (tertiary/aromatic N) is 1. The van der Waals surface area contributed by atoms with Gasteiger partial charge in [-0.05, 0) is 47.3 Å². The second kappa shape index (κ2) is 5.04. The lowest BCUT2D eigenvalue weighted by atomic mass is 10.2. The first-order chi connectivity index (χ1) is 8.00. The maximum Gasteiger partial charge on any atom is 0.264 e. The molecule has 0 aromatic carbocycles. The molecule has 2 heterocycles. The van der Waals surface area contributed by atoms with Crippen molar-refractivity contribution < 1.29 is 4.79 Å². The molecule has 6 heteroatoms. The van der Waals surface area contributed by atoms with E-state index in [-0.39, 0.29) is 11.9 Å². The number of thiocarbonyl (C=S) groups is 1. The van der Waals surface area contributed by atoms with Crippen molar-refractivity contribution >= 4 is 50.4 Å². The summed E-state index contributed by atoms with van der Waals surface area (Å²) < 4.78 is 1.01. The lowest BCUT2D eigenvalue weighted by molar-refractivity contribution is 0.0775. The summed E-state index contributed by atoms with van der Waals surface area (Å²) in [6.45, 7) is 2.72. The van der Waals surface area contributed by atoms with Gasteiger partial charge in [-0.1, -0.05) is 12.2 Å². The molecule has 1 unspecified atom stereocenters. The molecule has 3 nitrogen and oxygen atoms in total. The highest BCUT2D eigenvalue weighted by atomic mass is 79.9. The number of aryl methyl sites for hydroxylation is 1. The lowest BCUT2D eigenvalue weighted by Gasteiger charge is -2.22. The van der Waals surface area contributed by atoms with Gasteiger partial charge in [0, 0.05) is 6.54 Å². The summed E-state index contributed by atoms with van der Waals surface area (Å²) in [6, 6.07) is 1.84. The first kappa shape index (κ1) is 13.0. The Kier molecular flexibility index (Phi) is 3.85. The van der Waals surface area contributed by atoms with Crippen molar-refractivity contribution in [3.05, 3.63) is 20.3 Å². The van der Waals surface area contributed by atoms with Gasteiger partial charge in [-0.3, -0.25) is 4.79 Å². The molecule has 1 aliphatic heterocycles. The van der Waals surface area contributed by atoms with E-state index in [0.29, 0.717) is 4.99 Å². The highest BCUT2D eigenvalue weighted by Crippen LogP contribution is 2.30. The third-order valence-electron chi connectivity index (χ3n) is 2.91. The zero-order chi connectivity index (χ0) is 12.6. The molecule has 2 rings (SSSR count). The first-order valence-corrected chi connectivity index (χ1v) is 7.38. The average molecular weight is 333 g/mol. The number of likely N-dealkylation sites (tertiary alicyclic amines) is 1. The lowest BCUT2D eigenvalue weighted by Crippen LogP contribution is -2.42. The Labute approximate surface area is 118 Å². The summed E-state index contributed by atoms with van der Waals surface area (Å²) >= 11 is 9.91. The van der Waals surface area contributed by atoms with Crippen molar-refractivity contribution in [3.63, 3.8) is 0 Å². The van der Waals surface area contributed by atoms with Gasteiger partial charge in [-0.25, -0.2) is 0 Å². The molecule has 1 amide bonds. The Bertz CT molecular complexity index is 453. The predicted octanol–water partition coefficient (Wildman–Crippen LogP) is 2.71. The quantitative estimate of drug-likeness (QED) is 0.847. The molecule has 0 aliphatic carbocycles. The molecule has 1 aromatic rings. The van der Waals surface area contributed by atoms with E-state index in [9.17, 15) is 4.79 Å². The van der Waals surface area contributed by atoms with Crippen LogP contribution in [-0.4, -0.2) is 28.4 Å². The Balaban J connectivity index is 2.22. The van der Waals surface area contributed by atoms with Crippen molar-refractivity contribution in [2.75, 3.05) is 6.54 Å². The number of thiophene rings is 1. The van der Waals surface area contributed by atoms with E-state index in [2.05, 4.69) is 15.9 Å². The number of rotatable bonds is 2. The van der Waals surface area contributed by atoms with E-state index in [4.69, 9.17) is 18.0 Å². The molecule has 17 heavy (non-hydrogen) atoms. The van der Waals surface area contributed by atoms with Gasteiger partial charge in [-0.15, -0.1) is 11.3 Å². The number of nitrogens with two attached hydrogens (primary N) is 1. The van der Waals surface area contributed by atoms with Gasteiger partial charge in [0.1, 0.15) is 0 Å². The highest BCUT2D eigenvalue weighted by Gasteiger charge is 2.32. The molecule has 92 valence electrons. The van der Waals surface area contributed by atoms with Crippen LogP contribution in [0.1, 0.15) is 28.1 Å². The minimum atomic E-state index is -0.0707. The fraction of sp³-hybridized carbons (Fsp3) is 0.455. The van der Waals surface area contributed by atoms with Crippen LogP contribution < -0.4 is 5.73 Å². The zero-order valence-electron chi connectivity index (χ0n) is 9.40. The second-order valence-electron chi connectivity index (χ2n) is 4.13. The van der Waals surface area contributed by atoms with Crippen LogP contribution >= 0.6 is 39.5 Å². The van der Waals surface area contributed by atoms with Gasteiger partial charge >= 0.3 is 0 Å². The molecule has 0 saturated carbocycles. The van der Waals surface area contributed by atoms with Gasteiger partial charge in [-0.2, -0.15) is 0 Å². The van der Waals surface area contributed by atoms with E-state index in [1.54, 1.807) is 4.90 Å². The van der Waals surface area contributed by atoms with Crippen molar-refractivity contribution in [2.24, 2.45) is 5.73 Å². The van der Waals surface area contributed by atoms with E-state index in [1.807, 2.05) is 13.0 Å².